The molecule has 1 N–H and O–H groups in total. The van der Waals surface area contributed by atoms with Gasteiger partial charge in [-0.25, -0.2) is 9.98 Å². The molecule has 0 saturated carbocycles. The maximum Gasteiger partial charge on any atom is 0.280 e. The van der Waals surface area contributed by atoms with E-state index >= 15 is 0 Å². The molecule has 2 aromatic rings. The van der Waals surface area contributed by atoms with E-state index < -0.39 is 0 Å². The molecule has 0 aliphatic carbocycles. The van der Waals surface area contributed by atoms with Crippen LogP contribution in [0.5, 0.6) is 0 Å². The molecule has 0 radical (unpaired) electrons. The second-order valence-corrected chi connectivity index (χ2v) is 4.86. The van der Waals surface area contributed by atoms with Gasteiger partial charge in [0.05, 0.1) is 6.33 Å². The van der Waals surface area contributed by atoms with Crippen LogP contribution in [0.25, 0.3) is 11.2 Å². The average molecular weight is 262 g/mol. The van der Waals surface area contributed by atoms with Gasteiger partial charge < -0.3 is 9.47 Å². The fraction of sp³-hybridized carbons (Fsp3) is 0.500. The van der Waals surface area contributed by atoms with Gasteiger partial charge in [0.15, 0.2) is 11.2 Å². The van der Waals surface area contributed by atoms with Gasteiger partial charge in [0.1, 0.15) is 5.84 Å². The molecule has 0 saturated heterocycles. The highest BCUT2D eigenvalue weighted by Crippen LogP contribution is 2.14. The molecule has 7 nitrogen and oxygen atoms in total. The summed E-state index contributed by atoms with van der Waals surface area (Å²) in [5.41, 5.74) is 0.633. The number of H-pyrrole nitrogens is 1. The number of nitrogens with one attached hydrogen (secondary N) is 1. The van der Waals surface area contributed by atoms with E-state index in [-0.39, 0.29) is 11.6 Å². The molecule has 102 valence electrons. The van der Waals surface area contributed by atoms with Crippen molar-refractivity contribution in [2.45, 2.75) is 26.8 Å². The number of rotatable bonds is 2. The van der Waals surface area contributed by atoms with Crippen molar-refractivity contribution in [2.24, 2.45) is 4.99 Å². The van der Waals surface area contributed by atoms with Crippen LogP contribution in [0.4, 0.5) is 5.95 Å². The number of hydrogen-bond acceptors (Lipinski definition) is 4. The number of aliphatic imine (C=N–C) groups is 1. The van der Waals surface area contributed by atoms with Gasteiger partial charge in [-0.2, -0.15) is 4.98 Å². The summed E-state index contributed by atoms with van der Waals surface area (Å²) >= 11 is 0. The molecule has 2 heterocycles. The van der Waals surface area contributed by atoms with Crippen molar-refractivity contribution in [3.05, 3.63) is 16.7 Å². The van der Waals surface area contributed by atoms with Crippen LogP contribution in [0.2, 0.25) is 0 Å². The van der Waals surface area contributed by atoms with Crippen LogP contribution in [-0.4, -0.2) is 44.3 Å². The number of nitrogens with zero attached hydrogens (tertiary/aromatic N) is 5. The zero-order valence-corrected chi connectivity index (χ0v) is 11.8. The maximum atomic E-state index is 11.9. The summed E-state index contributed by atoms with van der Waals surface area (Å²) in [4.78, 5) is 29.2. The maximum absolute atomic E-state index is 11.9. The van der Waals surface area contributed by atoms with Crippen LogP contribution in [0.15, 0.2) is 16.1 Å². The van der Waals surface area contributed by atoms with Gasteiger partial charge in [-0.1, -0.05) is 0 Å². The number of aromatic amines is 1. The van der Waals surface area contributed by atoms with Crippen molar-refractivity contribution in [1.29, 1.82) is 0 Å². The molecule has 7 heteroatoms. The topological polar surface area (TPSA) is 79.2 Å². The Bertz CT molecular complexity index is 679. The Labute approximate surface area is 111 Å². The smallest absolute Gasteiger partial charge is 0.280 e. The van der Waals surface area contributed by atoms with Crippen LogP contribution in [0.3, 0.4) is 0 Å². The first-order valence-electron chi connectivity index (χ1n) is 6.09. The Kier molecular flexibility index (Phi) is 3.37. The lowest BCUT2D eigenvalue weighted by molar-refractivity contribution is 0.611. The lowest BCUT2D eigenvalue weighted by atomic mass is 10.4. The van der Waals surface area contributed by atoms with E-state index in [4.69, 9.17) is 0 Å². The van der Waals surface area contributed by atoms with Crippen molar-refractivity contribution < 1.29 is 0 Å². The van der Waals surface area contributed by atoms with Crippen molar-refractivity contribution in [2.75, 3.05) is 14.1 Å². The average Bonchev–Trinajstić information content (AvgIpc) is 2.72. The summed E-state index contributed by atoms with van der Waals surface area (Å²) < 4.78 is 1.86. The van der Waals surface area contributed by atoms with Gasteiger partial charge >= 0.3 is 0 Å². The first kappa shape index (κ1) is 13.3. The predicted molar refractivity (Wildman–Crippen MR) is 75.0 cm³/mol. The second kappa shape index (κ2) is 4.83. The molecule has 0 atom stereocenters. The molecule has 0 amide bonds. The first-order valence-corrected chi connectivity index (χ1v) is 6.09. The van der Waals surface area contributed by atoms with Crippen molar-refractivity contribution in [1.82, 2.24) is 24.4 Å². The quantitative estimate of drug-likeness (QED) is 0.653. The summed E-state index contributed by atoms with van der Waals surface area (Å²) in [7, 11) is 3.77. The third-order valence-corrected chi connectivity index (χ3v) is 2.89. The van der Waals surface area contributed by atoms with E-state index in [2.05, 4.69) is 19.9 Å². The van der Waals surface area contributed by atoms with Gasteiger partial charge in [0, 0.05) is 20.1 Å². The van der Waals surface area contributed by atoms with E-state index in [0.717, 1.165) is 5.84 Å². The van der Waals surface area contributed by atoms with Crippen molar-refractivity contribution >= 4 is 22.9 Å². The molecule has 0 unspecified atom stereocenters. The van der Waals surface area contributed by atoms with Gasteiger partial charge in [-0.3, -0.25) is 9.78 Å². The third kappa shape index (κ3) is 2.49. The summed E-state index contributed by atoms with van der Waals surface area (Å²) in [5.74, 6) is 1.06. The molecular weight excluding hydrogens is 244 g/mol. The first-order chi connectivity index (χ1) is 8.90. The summed E-state index contributed by atoms with van der Waals surface area (Å²) in [5, 5.41) is 0. The highest BCUT2D eigenvalue weighted by Gasteiger charge is 2.11. The Morgan fingerprint density at radius 3 is 2.74 bits per heavy atom. The number of imidazole rings is 1. The van der Waals surface area contributed by atoms with Crippen molar-refractivity contribution in [3.8, 4) is 0 Å². The largest absolute Gasteiger partial charge is 0.366 e. The fourth-order valence-corrected chi connectivity index (χ4v) is 1.60. The van der Waals surface area contributed by atoms with E-state index in [1.54, 1.807) is 6.33 Å². The normalized spacial score (nSPS) is 12.4. The number of amidine groups is 1. The molecular formula is C12H18N6O. The Hall–Kier alpha value is -2.18. The summed E-state index contributed by atoms with van der Waals surface area (Å²) in [6.45, 7) is 5.87. The molecule has 0 fully saturated rings. The molecule has 0 aliphatic heterocycles. The summed E-state index contributed by atoms with van der Waals surface area (Å²) in [6, 6.07) is 0.186. The van der Waals surface area contributed by atoms with Crippen LogP contribution >= 0.6 is 0 Å². The van der Waals surface area contributed by atoms with E-state index in [9.17, 15) is 4.79 Å². The molecule has 19 heavy (non-hydrogen) atoms. The van der Waals surface area contributed by atoms with E-state index in [0.29, 0.717) is 17.1 Å². The number of aromatic nitrogens is 4. The minimum Gasteiger partial charge on any atom is -0.366 e. The molecule has 0 aliphatic rings. The summed E-state index contributed by atoms with van der Waals surface area (Å²) in [6.07, 6.45) is 1.63. The monoisotopic (exact) mass is 262 g/mol. The Morgan fingerprint density at radius 1 is 1.47 bits per heavy atom. The van der Waals surface area contributed by atoms with Gasteiger partial charge in [0.25, 0.3) is 5.56 Å². The zero-order valence-electron chi connectivity index (χ0n) is 11.8. The fourth-order valence-electron chi connectivity index (χ4n) is 1.60. The lowest BCUT2D eigenvalue weighted by Crippen LogP contribution is -2.18. The number of fused-ring (bicyclic) bond motifs is 1. The van der Waals surface area contributed by atoms with Crippen LogP contribution in [-0.2, 0) is 0 Å². The zero-order chi connectivity index (χ0) is 14.2. The Balaban J connectivity index is 2.63. The van der Waals surface area contributed by atoms with Crippen LogP contribution < -0.4 is 5.56 Å². The molecule has 0 aromatic carbocycles. The standard InChI is InChI=1S/C12H18N6O/c1-7(2)18-6-13-9-10(18)15-12(16-11(9)19)14-8(3)17(4)5/h6-7H,1-5H3,(H,15,16,19). The van der Waals surface area contributed by atoms with E-state index in [1.165, 1.54) is 0 Å². The number of hydrogen-bond donors (Lipinski definition) is 1. The SMILES string of the molecule is CC(=Nc1nc2c(ncn2C(C)C)c(=O)[nH]1)N(C)C. The van der Waals surface area contributed by atoms with E-state index in [1.807, 2.05) is 44.3 Å². The predicted octanol–water partition coefficient (Wildman–Crippen LogP) is 1.31. The minimum absolute atomic E-state index is 0.186. The lowest BCUT2D eigenvalue weighted by Gasteiger charge is -2.10. The highest BCUT2D eigenvalue weighted by molar-refractivity contribution is 5.81. The highest BCUT2D eigenvalue weighted by atomic mass is 16.1. The molecule has 2 aromatic heterocycles. The van der Waals surface area contributed by atoms with Crippen molar-refractivity contribution in [3.63, 3.8) is 0 Å². The molecule has 0 spiro atoms. The van der Waals surface area contributed by atoms with Gasteiger partial charge in [0.2, 0.25) is 5.95 Å². The minimum atomic E-state index is -0.269. The Morgan fingerprint density at radius 2 is 2.16 bits per heavy atom. The van der Waals surface area contributed by atoms with Crippen LogP contribution in [0, 0.1) is 0 Å². The second-order valence-electron chi connectivity index (χ2n) is 4.86. The van der Waals surface area contributed by atoms with Gasteiger partial charge in [-0.15, -0.1) is 0 Å². The van der Waals surface area contributed by atoms with Gasteiger partial charge in [-0.05, 0) is 20.8 Å². The molecule has 2 rings (SSSR count). The third-order valence-electron chi connectivity index (χ3n) is 2.89. The molecule has 0 bridgehead atoms. The van der Waals surface area contributed by atoms with Crippen LogP contribution in [0.1, 0.15) is 26.8 Å².